The molecule has 7 heteroatoms. The van der Waals surface area contributed by atoms with Crippen molar-refractivity contribution in [3.8, 4) is 0 Å². The van der Waals surface area contributed by atoms with E-state index in [0.29, 0.717) is 6.42 Å². The molecular weight excluding hydrogens is 250 g/mol. The molecule has 102 valence electrons. The summed E-state index contributed by atoms with van der Waals surface area (Å²) in [5, 5.41) is 13.0. The highest BCUT2D eigenvalue weighted by molar-refractivity contribution is 6.34. The van der Waals surface area contributed by atoms with Crippen LogP contribution < -0.4 is 11.1 Å². The van der Waals surface area contributed by atoms with Crippen LogP contribution in [0.25, 0.3) is 0 Å². The van der Waals surface area contributed by atoms with Gasteiger partial charge in [-0.1, -0.05) is 12.1 Å². The smallest absolute Gasteiger partial charge is 0.309 e. The Morgan fingerprint density at radius 3 is 2.26 bits per heavy atom. The number of hydrogen-bond acceptors (Lipinski definition) is 4. The molecule has 0 heterocycles. The Morgan fingerprint density at radius 2 is 1.84 bits per heavy atom. The van der Waals surface area contributed by atoms with E-state index in [1.807, 2.05) is 0 Å². The second-order valence-electron chi connectivity index (χ2n) is 4.80. The van der Waals surface area contributed by atoms with E-state index in [1.165, 1.54) is 12.1 Å². The molecule has 0 atom stereocenters. The number of nitrogens with zero attached hydrogens (tertiary/aromatic N) is 1. The second-order valence-corrected chi connectivity index (χ2v) is 4.80. The highest BCUT2D eigenvalue weighted by Crippen LogP contribution is 2.16. The van der Waals surface area contributed by atoms with Gasteiger partial charge in [0.15, 0.2) is 0 Å². The zero-order valence-electron chi connectivity index (χ0n) is 10.7. The van der Waals surface area contributed by atoms with Gasteiger partial charge in [-0.25, -0.2) is 0 Å². The van der Waals surface area contributed by atoms with E-state index < -0.39 is 22.3 Å². The van der Waals surface area contributed by atoms with Gasteiger partial charge < -0.3 is 11.1 Å². The number of non-ortho nitro benzene ring substituents is 1. The molecule has 0 saturated heterocycles. The van der Waals surface area contributed by atoms with Gasteiger partial charge in [-0.2, -0.15) is 0 Å². The number of nitrogens with two attached hydrogens (primary N) is 1. The first-order valence-corrected chi connectivity index (χ1v) is 5.56. The van der Waals surface area contributed by atoms with Crippen molar-refractivity contribution in [3.63, 3.8) is 0 Å². The summed E-state index contributed by atoms with van der Waals surface area (Å²) in [6.07, 6.45) is 0.421. The van der Waals surface area contributed by atoms with E-state index >= 15 is 0 Å². The number of benzene rings is 1. The molecule has 2 amide bonds. The summed E-state index contributed by atoms with van der Waals surface area (Å²) in [7, 11) is 0. The SMILES string of the molecule is CC(C)(Cc1ccc([N+](=O)[O-])cc1)NC(=O)C(N)=O. The quantitative estimate of drug-likeness (QED) is 0.469. The number of nitro groups is 1. The first-order valence-electron chi connectivity index (χ1n) is 5.56. The van der Waals surface area contributed by atoms with Crippen LogP contribution in [-0.4, -0.2) is 22.3 Å². The van der Waals surface area contributed by atoms with Crippen LogP contribution in [0.15, 0.2) is 24.3 Å². The standard InChI is InChI=1S/C12H15N3O4/c1-12(2,14-11(17)10(13)16)7-8-3-5-9(6-4-8)15(18)19/h3-6H,7H2,1-2H3,(H2,13,16)(H,14,17). The predicted molar refractivity (Wildman–Crippen MR) is 68.2 cm³/mol. The largest absolute Gasteiger partial charge is 0.361 e. The molecule has 0 aliphatic rings. The maximum atomic E-state index is 11.2. The maximum Gasteiger partial charge on any atom is 0.309 e. The van der Waals surface area contributed by atoms with Gasteiger partial charge >= 0.3 is 11.8 Å². The summed E-state index contributed by atoms with van der Waals surface area (Å²) in [5.41, 5.74) is 4.99. The Labute approximate surface area is 109 Å². The molecule has 0 aliphatic heterocycles. The number of nitrogens with one attached hydrogen (secondary N) is 1. The van der Waals surface area contributed by atoms with Crippen LogP contribution in [0.5, 0.6) is 0 Å². The summed E-state index contributed by atoms with van der Waals surface area (Å²) in [4.78, 5) is 31.9. The van der Waals surface area contributed by atoms with Crippen LogP contribution in [-0.2, 0) is 16.0 Å². The molecule has 19 heavy (non-hydrogen) atoms. The van der Waals surface area contributed by atoms with E-state index in [4.69, 9.17) is 5.73 Å². The van der Waals surface area contributed by atoms with Gasteiger partial charge in [-0.05, 0) is 25.8 Å². The maximum absolute atomic E-state index is 11.2. The Balaban J connectivity index is 2.75. The third kappa shape index (κ3) is 4.38. The van der Waals surface area contributed by atoms with Crippen LogP contribution in [0.4, 0.5) is 5.69 Å². The second kappa shape index (κ2) is 5.47. The van der Waals surface area contributed by atoms with E-state index in [2.05, 4.69) is 5.32 Å². The number of hydrogen-bond donors (Lipinski definition) is 2. The Bertz CT molecular complexity index is 508. The minimum absolute atomic E-state index is 0.00253. The lowest BCUT2D eigenvalue weighted by atomic mass is 9.94. The van der Waals surface area contributed by atoms with E-state index in [1.54, 1.807) is 26.0 Å². The predicted octanol–water partition coefficient (Wildman–Crippen LogP) is 0.517. The fourth-order valence-corrected chi connectivity index (χ4v) is 1.66. The molecule has 0 aliphatic carbocycles. The van der Waals surface area contributed by atoms with Crippen molar-refractivity contribution in [2.45, 2.75) is 25.8 Å². The number of carbonyl (C=O) groups is 2. The zero-order valence-corrected chi connectivity index (χ0v) is 10.7. The van der Waals surface area contributed by atoms with Gasteiger partial charge in [0.2, 0.25) is 0 Å². The van der Waals surface area contributed by atoms with Gasteiger partial charge in [-0.3, -0.25) is 19.7 Å². The number of primary amides is 1. The molecule has 0 aromatic heterocycles. The third-order valence-electron chi connectivity index (χ3n) is 2.47. The zero-order chi connectivity index (χ0) is 14.6. The van der Waals surface area contributed by atoms with Crippen molar-refractivity contribution in [3.05, 3.63) is 39.9 Å². The Kier molecular flexibility index (Phi) is 4.21. The first kappa shape index (κ1) is 14.6. The van der Waals surface area contributed by atoms with Gasteiger partial charge in [0.25, 0.3) is 5.69 Å². The summed E-state index contributed by atoms with van der Waals surface area (Å²) in [6.45, 7) is 3.46. The molecule has 1 aromatic rings. The number of amides is 2. The lowest BCUT2D eigenvalue weighted by Crippen LogP contribution is -2.49. The lowest BCUT2D eigenvalue weighted by molar-refractivity contribution is -0.384. The van der Waals surface area contributed by atoms with Crippen LogP contribution in [0.1, 0.15) is 19.4 Å². The molecule has 0 bridgehead atoms. The van der Waals surface area contributed by atoms with Crippen molar-refractivity contribution >= 4 is 17.5 Å². The van der Waals surface area contributed by atoms with E-state index in [-0.39, 0.29) is 5.69 Å². The summed E-state index contributed by atoms with van der Waals surface area (Å²) < 4.78 is 0. The van der Waals surface area contributed by atoms with Crippen LogP contribution >= 0.6 is 0 Å². The highest BCUT2D eigenvalue weighted by atomic mass is 16.6. The summed E-state index contributed by atoms with van der Waals surface area (Å²) in [5.74, 6) is -1.90. The van der Waals surface area contributed by atoms with Gasteiger partial charge in [0.05, 0.1) is 4.92 Å². The lowest BCUT2D eigenvalue weighted by Gasteiger charge is -2.25. The molecule has 0 saturated carbocycles. The molecule has 0 spiro atoms. The van der Waals surface area contributed by atoms with Gasteiger partial charge in [0, 0.05) is 17.7 Å². The van der Waals surface area contributed by atoms with Crippen molar-refractivity contribution < 1.29 is 14.5 Å². The average Bonchev–Trinajstić information content (AvgIpc) is 2.28. The molecule has 3 N–H and O–H groups in total. The fraction of sp³-hybridized carbons (Fsp3) is 0.333. The van der Waals surface area contributed by atoms with Crippen molar-refractivity contribution in [1.82, 2.24) is 5.32 Å². The average molecular weight is 265 g/mol. The molecule has 1 rings (SSSR count). The van der Waals surface area contributed by atoms with Gasteiger partial charge in [-0.15, -0.1) is 0 Å². The summed E-state index contributed by atoms with van der Waals surface area (Å²) >= 11 is 0. The minimum atomic E-state index is -1.04. The monoisotopic (exact) mass is 265 g/mol. The van der Waals surface area contributed by atoms with E-state index in [9.17, 15) is 19.7 Å². The van der Waals surface area contributed by atoms with Gasteiger partial charge in [0.1, 0.15) is 0 Å². The molecule has 0 radical (unpaired) electrons. The van der Waals surface area contributed by atoms with Crippen LogP contribution in [0.2, 0.25) is 0 Å². The topological polar surface area (TPSA) is 115 Å². The van der Waals surface area contributed by atoms with Crippen LogP contribution in [0.3, 0.4) is 0 Å². The fourth-order valence-electron chi connectivity index (χ4n) is 1.66. The number of carbonyl (C=O) groups excluding carboxylic acids is 2. The molecule has 7 nitrogen and oxygen atoms in total. The number of nitro benzene ring substituents is 1. The molecule has 1 aromatic carbocycles. The Hall–Kier alpha value is -2.44. The van der Waals surface area contributed by atoms with Crippen molar-refractivity contribution in [1.29, 1.82) is 0 Å². The first-order chi connectivity index (χ1) is 8.71. The molecular formula is C12H15N3O4. The minimum Gasteiger partial charge on any atom is -0.361 e. The number of rotatable bonds is 4. The normalized spacial score (nSPS) is 10.8. The van der Waals surface area contributed by atoms with Crippen LogP contribution in [0, 0.1) is 10.1 Å². The van der Waals surface area contributed by atoms with E-state index in [0.717, 1.165) is 5.56 Å². The molecule has 0 unspecified atom stereocenters. The van der Waals surface area contributed by atoms with Crippen molar-refractivity contribution in [2.24, 2.45) is 5.73 Å². The highest BCUT2D eigenvalue weighted by Gasteiger charge is 2.23. The molecule has 0 fully saturated rings. The Morgan fingerprint density at radius 1 is 1.32 bits per heavy atom. The van der Waals surface area contributed by atoms with Crippen molar-refractivity contribution in [2.75, 3.05) is 0 Å². The summed E-state index contributed by atoms with van der Waals surface area (Å²) in [6, 6.07) is 6.00. The third-order valence-corrected chi connectivity index (χ3v) is 2.47.